The predicted octanol–water partition coefficient (Wildman–Crippen LogP) is 1.16. The van der Waals surface area contributed by atoms with Crippen LogP contribution in [0, 0.1) is 0 Å². The molecule has 1 saturated heterocycles. The molecule has 1 unspecified atom stereocenters. The van der Waals surface area contributed by atoms with E-state index in [0.29, 0.717) is 0 Å². The summed E-state index contributed by atoms with van der Waals surface area (Å²) in [5.41, 5.74) is 0.734. The van der Waals surface area contributed by atoms with E-state index in [-0.39, 0.29) is 29.5 Å². The van der Waals surface area contributed by atoms with Gasteiger partial charge in [0.15, 0.2) is 5.78 Å². The molecule has 1 aromatic carbocycles. The minimum atomic E-state index is -3.40. The first-order valence-electron chi connectivity index (χ1n) is 5.17. The van der Waals surface area contributed by atoms with Gasteiger partial charge in [0.05, 0.1) is 17.1 Å². The van der Waals surface area contributed by atoms with Crippen molar-refractivity contribution < 1.29 is 13.2 Å². The highest BCUT2D eigenvalue weighted by molar-refractivity contribution is 9.10. The van der Waals surface area contributed by atoms with E-state index in [0.717, 1.165) is 5.56 Å². The molecule has 92 valence electrons. The van der Waals surface area contributed by atoms with Crippen LogP contribution in [0.15, 0.2) is 30.3 Å². The maximum atomic E-state index is 12.0. The lowest BCUT2D eigenvalue weighted by atomic mass is 10.2. The summed E-state index contributed by atoms with van der Waals surface area (Å²) in [7, 11) is -3.40. The van der Waals surface area contributed by atoms with Crippen molar-refractivity contribution in [1.29, 1.82) is 0 Å². The van der Waals surface area contributed by atoms with Crippen molar-refractivity contribution in [3.63, 3.8) is 0 Å². The van der Waals surface area contributed by atoms with Gasteiger partial charge < -0.3 is 0 Å². The molecule has 1 aromatic rings. The summed E-state index contributed by atoms with van der Waals surface area (Å²) in [4.78, 5) is 11.0. The Morgan fingerprint density at radius 1 is 1.29 bits per heavy atom. The lowest BCUT2D eigenvalue weighted by Gasteiger charge is -2.14. The second-order valence-electron chi connectivity index (χ2n) is 3.97. The van der Waals surface area contributed by atoms with E-state index in [1.54, 1.807) is 24.3 Å². The molecule has 1 fully saturated rings. The number of hydrogen-bond donors (Lipinski definition) is 0. The highest BCUT2D eigenvalue weighted by Gasteiger charge is 2.35. The summed E-state index contributed by atoms with van der Waals surface area (Å²) >= 11 is 3.17. The second-order valence-corrected chi connectivity index (χ2v) is 7.04. The fourth-order valence-corrected chi connectivity index (χ4v) is 3.89. The summed E-state index contributed by atoms with van der Waals surface area (Å²) in [5.74, 6) is -0.137. The van der Waals surface area contributed by atoms with Crippen molar-refractivity contribution in [2.75, 3.05) is 13.1 Å². The number of rotatable bonds is 3. The number of hydrogen-bond acceptors (Lipinski definition) is 3. The number of ketones is 1. The van der Waals surface area contributed by atoms with Gasteiger partial charge in [0.2, 0.25) is 10.0 Å². The fraction of sp³-hybridized carbons (Fsp3) is 0.364. The first-order chi connectivity index (χ1) is 7.99. The number of nitrogens with zero attached hydrogens (tertiary/aromatic N) is 1. The van der Waals surface area contributed by atoms with Crippen molar-refractivity contribution in [3.05, 3.63) is 35.9 Å². The number of halogens is 1. The highest BCUT2D eigenvalue weighted by Crippen LogP contribution is 2.19. The summed E-state index contributed by atoms with van der Waals surface area (Å²) in [5, 5.41) is 0. The average molecular weight is 318 g/mol. The molecule has 1 aliphatic heterocycles. The Morgan fingerprint density at radius 3 is 2.47 bits per heavy atom. The molecule has 1 heterocycles. The Balaban J connectivity index is 2.13. The molecule has 0 aromatic heterocycles. The molecule has 0 radical (unpaired) electrons. The van der Waals surface area contributed by atoms with Crippen molar-refractivity contribution >= 4 is 31.7 Å². The first kappa shape index (κ1) is 12.7. The van der Waals surface area contributed by atoms with E-state index >= 15 is 0 Å². The Morgan fingerprint density at radius 2 is 1.94 bits per heavy atom. The number of carbonyl (C=O) groups is 1. The third-order valence-corrected chi connectivity index (χ3v) is 5.19. The molecule has 0 N–H and O–H groups in total. The summed E-state index contributed by atoms with van der Waals surface area (Å²) in [6.07, 6.45) is 0. The summed E-state index contributed by atoms with van der Waals surface area (Å²) in [6.45, 7) is 0.207. The number of Topliss-reactive ketones (excluding diaryl/α,β-unsaturated/α-hetero) is 1. The van der Waals surface area contributed by atoms with E-state index in [1.807, 2.05) is 6.07 Å². The van der Waals surface area contributed by atoms with Crippen LogP contribution < -0.4 is 0 Å². The van der Waals surface area contributed by atoms with Gasteiger partial charge in [-0.25, -0.2) is 8.42 Å². The van der Waals surface area contributed by atoms with Gasteiger partial charge in [-0.05, 0) is 5.56 Å². The normalized spacial score (nSPS) is 21.9. The van der Waals surface area contributed by atoms with Crippen LogP contribution in [0.5, 0.6) is 0 Å². The molecular weight excluding hydrogens is 306 g/mol. The molecule has 6 heteroatoms. The Kier molecular flexibility index (Phi) is 3.65. The lowest BCUT2D eigenvalue weighted by Crippen LogP contribution is -2.30. The molecular formula is C11H12BrNO3S. The summed E-state index contributed by atoms with van der Waals surface area (Å²) in [6, 6.07) is 8.96. The molecule has 1 atom stereocenters. The Labute approximate surface area is 109 Å². The molecule has 0 bridgehead atoms. The standard InChI is InChI=1S/C11H12BrNO3S/c12-10-6-13(7-11(10)14)17(15,16)8-9-4-2-1-3-5-9/h1-5,10H,6-8H2. The largest absolute Gasteiger partial charge is 0.297 e. The predicted molar refractivity (Wildman–Crippen MR) is 68.4 cm³/mol. The monoisotopic (exact) mass is 317 g/mol. The van der Waals surface area contributed by atoms with Crippen LogP contribution in [-0.2, 0) is 20.6 Å². The number of carbonyl (C=O) groups excluding carboxylic acids is 1. The molecule has 0 aliphatic carbocycles. The number of sulfonamides is 1. The van der Waals surface area contributed by atoms with Gasteiger partial charge >= 0.3 is 0 Å². The topological polar surface area (TPSA) is 54.5 Å². The van der Waals surface area contributed by atoms with Gasteiger partial charge in [-0.15, -0.1) is 0 Å². The third kappa shape index (κ3) is 2.94. The van der Waals surface area contributed by atoms with Crippen LogP contribution in [0.3, 0.4) is 0 Å². The summed E-state index contributed by atoms with van der Waals surface area (Å²) < 4.78 is 25.3. The Hall–Kier alpha value is -0.720. The highest BCUT2D eigenvalue weighted by atomic mass is 79.9. The number of alkyl halides is 1. The van der Waals surface area contributed by atoms with Crippen molar-refractivity contribution in [3.8, 4) is 0 Å². The van der Waals surface area contributed by atoms with Crippen molar-refractivity contribution in [2.45, 2.75) is 10.6 Å². The molecule has 1 aliphatic rings. The number of benzene rings is 1. The first-order valence-corrected chi connectivity index (χ1v) is 7.70. The van der Waals surface area contributed by atoms with Gasteiger partial charge in [-0.3, -0.25) is 4.79 Å². The zero-order valence-electron chi connectivity index (χ0n) is 9.04. The average Bonchev–Trinajstić information content (AvgIpc) is 2.61. The lowest BCUT2D eigenvalue weighted by molar-refractivity contribution is -0.116. The van der Waals surface area contributed by atoms with Crippen LogP contribution in [0.1, 0.15) is 5.56 Å². The maximum Gasteiger partial charge on any atom is 0.218 e. The quantitative estimate of drug-likeness (QED) is 0.786. The van der Waals surface area contributed by atoms with E-state index in [9.17, 15) is 13.2 Å². The van der Waals surface area contributed by atoms with Gasteiger partial charge in [-0.2, -0.15) is 4.31 Å². The zero-order valence-corrected chi connectivity index (χ0v) is 11.4. The minimum Gasteiger partial charge on any atom is -0.297 e. The van der Waals surface area contributed by atoms with Crippen molar-refractivity contribution in [1.82, 2.24) is 4.31 Å². The Bertz CT molecular complexity index is 515. The second kappa shape index (κ2) is 4.88. The molecule has 2 rings (SSSR count). The van der Waals surface area contributed by atoms with Gasteiger partial charge in [0, 0.05) is 6.54 Å². The molecule has 0 amide bonds. The van der Waals surface area contributed by atoms with Crippen LogP contribution in [0.2, 0.25) is 0 Å². The fourth-order valence-electron chi connectivity index (χ4n) is 1.71. The molecule has 4 nitrogen and oxygen atoms in total. The van der Waals surface area contributed by atoms with Gasteiger partial charge in [-0.1, -0.05) is 46.3 Å². The van der Waals surface area contributed by atoms with Crippen molar-refractivity contribution in [2.24, 2.45) is 0 Å². The van der Waals surface area contributed by atoms with Crippen LogP contribution in [0.25, 0.3) is 0 Å². The van der Waals surface area contributed by atoms with E-state index < -0.39 is 10.0 Å². The van der Waals surface area contributed by atoms with Crippen LogP contribution in [-0.4, -0.2) is 36.4 Å². The minimum absolute atomic E-state index is 0.0227. The van der Waals surface area contributed by atoms with Gasteiger partial charge in [0.25, 0.3) is 0 Å². The molecule has 0 spiro atoms. The zero-order chi connectivity index (χ0) is 12.5. The van der Waals surface area contributed by atoms with E-state index in [2.05, 4.69) is 15.9 Å². The third-order valence-electron chi connectivity index (χ3n) is 2.63. The van der Waals surface area contributed by atoms with E-state index in [1.165, 1.54) is 4.31 Å². The van der Waals surface area contributed by atoms with Crippen LogP contribution >= 0.6 is 15.9 Å². The molecule has 17 heavy (non-hydrogen) atoms. The molecule has 0 saturated carbocycles. The van der Waals surface area contributed by atoms with Gasteiger partial charge in [0.1, 0.15) is 0 Å². The van der Waals surface area contributed by atoms with E-state index in [4.69, 9.17) is 0 Å². The smallest absolute Gasteiger partial charge is 0.218 e. The van der Waals surface area contributed by atoms with Crippen LogP contribution in [0.4, 0.5) is 0 Å². The maximum absolute atomic E-state index is 12.0. The SMILES string of the molecule is O=C1CN(S(=O)(=O)Cc2ccccc2)CC1Br.